The Morgan fingerprint density at radius 3 is 2.78 bits per heavy atom. The second-order valence-corrected chi connectivity index (χ2v) is 9.29. The van der Waals surface area contributed by atoms with E-state index in [2.05, 4.69) is 74.0 Å². The Morgan fingerprint density at radius 2 is 2.07 bits per heavy atom. The van der Waals surface area contributed by atoms with Gasteiger partial charge in [0.15, 0.2) is 5.13 Å². The highest BCUT2D eigenvalue weighted by atomic mass is 32.1. The van der Waals surface area contributed by atoms with Crippen LogP contribution in [-0.4, -0.2) is 26.8 Å². The topological polar surface area (TPSA) is 55.1 Å². The second-order valence-electron chi connectivity index (χ2n) is 8.06. The molecule has 3 aromatic rings. The zero-order valence-electron chi connectivity index (χ0n) is 16.5. The lowest BCUT2D eigenvalue weighted by Crippen LogP contribution is -2.23. The van der Waals surface area contributed by atoms with Crippen molar-refractivity contribution in [1.29, 1.82) is 0 Å². The average molecular weight is 380 g/mol. The average Bonchev–Trinajstić information content (AvgIpc) is 3.20. The van der Waals surface area contributed by atoms with Crippen LogP contribution in [0.25, 0.3) is 16.5 Å². The fourth-order valence-electron chi connectivity index (χ4n) is 3.35. The molecule has 4 rings (SSSR count). The molecular weight excluding hydrogens is 354 g/mol. The SMILES string of the molecule is Cc1cnc(Nc2cc3c(ccn3C)c(C3=CCN=C(C(C)(C)C)C3)n2)s1. The third-order valence-electron chi connectivity index (χ3n) is 4.89. The van der Waals surface area contributed by atoms with Crippen molar-refractivity contribution >= 4 is 44.5 Å². The molecule has 1 N–H and O–H groups in total. The summed E-state index contributed by atoms with van der Waals surface area (Å²) in [5.74, 6) is 0.828. The third kappa shape index (κ3) is 3.54. The number of pyridine rings is 1. The summed E-state index contributed by atoms with van der Waals surface area (Å²) in [7, 11) is 2.07. The lowest BCUT2D eigenvalue weighted by molar-refractivity contribution is 0.580. The van der Waals surface area contributed by atoms with E-state index in [4.69, 9.17) is 9.98 Å². The van der Waals surface area contributed by atoms with Crippen molar-refractivity contribution < 1.29 is 0 Å². The van der Waals surface area contributed by atoms with E-state index in [-0.39, 0.29) is 5.41 Å². The molecule has 4 heterocycles. The molecule has 0 amide bonds. The Bertz CT molecular complexity index is 1060. The van der Waals surface area contributed by atoms with Gasteiger partial charge in [-0.3, -0.25) is 4.99 Å². The van der Waals surface area contributed by atoms with Crippen LogP contribution in [0.15, 0.2) is 35.6 Å². The number of allylic oxidation sites excluding steroid dienone is 1. The van der Waals surface area contributed by atoms with Gasteiger partial charge in [0.2, 0.25) is 0 Å². The highest BCUT2D eigenvalue weighted by Crippen LogP contribution is 2.34. The van der Waals surface area contributed by atoms with E-state index in [0.717, 1.165) is 35.1 Å². The number of dihydropyridines is 1. The molecule has 0 atom stereocenters. The van der Waals surface area contributed by atoms with E-state index in [1.807, 2.05) is 6.20 Å². The first-order valence-corrected chi connectivity index (χ1v) is 10.0. The van der Waals surface area contributed by atoms with Gasteiger partial charge in [-0.1, -0.05) is 26.8 Å². The first-order chi connectivity index (χ1) is 12.8. The van der Waals surface area contributed by atoms with Crippen LogP contribution < -0.4 is 5.32 Å². The summed E-state index contributed by atoms with van der Waals surface area (Å²) >= 11 is 1.64. The number of nitrogens with zero attached hydrogens (tertiary/aromatic N) is 4. The van der Waals surface area contributed by atoms with Crippen LogP contribution in [0.3, 0.4) is 0 Å². The van der Waals surface area contributed by atoms with Gasteiger partial charge in [-0.2, -0.15) is 0 Å². The van der Waals surface area contributed by atoms with Crippen LogP contribution >= 0.6 is 11.3 Å². The molecule has 0 bridgehead atoms. The molecular formula is C21H25N5S. The van der Waals surface area contributed by atoms with E-state index < -0.39 is 0 Å². The molecule has 0 unspecified atom stereocenters. The number of thiazole rings is 1. The van der Waals surface area contributed by atoms with Crippen molar-refractivity contribution in [1.82, 2.24) is 14.5 Å². The van der Waals surface area contributed by atoms with Crippen molar-refractivity contribution in [2.75, 3.05) is 11.9 Å². The lowest BCUT2D eigenvalue weighted by Gasteiger charge is -2.25. The summed E-state index contributed by atoms with van der Waals surface area (Å²) in [5.41, 5.74) is 4.77. The molecule has 0 saturated heterocycles. The van der Waals surface area contributed by atoms with Crippen molar-refractivity contribution in [2.45, 2.75) is 34.1 Å². The van der Waals surface area contributed by atoms with E-state index in [1.54, 1.807) is 11.3 Å². The van der Waals surface area contributed by atoms with Crippen LogP contribution in [0.2, 0.25) is 0 Å². The highest BCUT2D eigenvalue weighted by Gasteiger charge is 2.24. The van der Waals surface area contributed by atoms with Crippen molar-refractivity contribution in [3.8, 4) is 0 Å². The van der Waals surface area contributed by atoms with Gasteiger partial charge in [-0.25, -0.2) is 9.97 Å². The smallest absolute Gasteiger partial charge is 0.188 e. The lowest BCUT2D eigenvalue weighted by atomic mass is 9.84. The predicted octanol–water partition coefficient (Wildman–Crippen LogP) is 5.36. The van der Waals surface area contributed by atoms with Crippen molar-refractivity contribution in [3.05, 3.63) is 41.2 Å². The molecule has 0 radical (unpaired) electrons. The number of aromatic nitrogens is 3. The molecule has 0 spiro atoms. The van der Waals surface area contributed by atoms with Crippen LogP contribution in [0.1, 0.15) is 37.8 Å². The van der Waals surface area contributed by atoms with E-state index in [0.29, 0.717) is 0 Å². The quantitative estimate of drug-likeness (QED) is 0.667. The molecule has 3 aromatic heterocycles. The predicted molar refractivity (Wildman–Crippen MR) is 115 cm³/mol. The van der Waals surface area contributed by atoms with Gasteiger partial charge in [0.05, 0.1) is 17.8 Å². The summed E-state index contributed by atoms with van der Waals surface area (Å²) in [6.45, 7) is 9.46. The van der Waals surface area contributed by atoms with Crippen LogP contribution in [0.5, 0.6) is 0 Å². The standard InChI is InChI=1S/C21H25N5S/c1-13-12-23-20(27-13)25-18-11-16-15(7-9-26(16)5)19(24-18)14-6-8-22-17(10-14)21(2,3)4/h6-7,9,11-12H,8,10H2,1-5H3,(H,23,24,25). The number of anilines is 2. The van der Waals surface area contributed by atoms with E-state index in [1.165, 1.54) is 21.5 Å². The minimum Gasteiger partial charge on any atom is -0.350 e. The Balaban J connectivity index is 1.76. The number of fused-ring (bicyclic) bond motifs is 1. The molecule has 0 aliphatic carbocycles. The highest BCUT2D eigenvalue weighted by molar-refractivity contribution is 7.15. The van der Waals surface area contributed by atoms with Crippen LogP contribution in [0.4, 0.5) is 10.9 Å². The first-order valence-electron chi connectivity index (χ1n) is 9.20. The molecule has 1 aliphatic heterocycles. The molecule has 5 nitrogen and oxygen atoms in total. The molecule has 27 heavy (non-hydrogen) atoms. The Kier molecular flexibility index (Phi) is 4.38. The van der Waals surface area contributed by atoms with Gasteiger partial charge in [-0.05, 0) is 18.6 Å². The van der Waals surface area contributed by atoms with Crippen LogP contribution in [0, 0.1) is 12.3 Å². The maximum atomic E-state index is 4.98. The Morgan fingerprint density at radius 1 is 1.26 bits per heavy atom. The first kappa shape index (κ1) is 17.9. The summed E-state index contributed by atoms with van der Waals surface area (Å²) in [6.07, 6.45) is 7.03. The minimum absolute atomic E-state index is 0.0730. The number of hydrogen-bond acceptors (Lipinski definition) is 5. The van der Waals surface area contributed by atoms with Crippen molar-refractivity contribution in [2.24, 2.45) is 17.5 Å². The summed E-state index contributed by atoms with van der Waals surface area (Å²) < 4.78 is 2.14. The number of aryl methyl sites for hydroxylation is 2. The minimum atomic E-state index is 0.0730. The van der Waals surface area contributed by atoms with Gasteiger partial charge in [0, 0.05) is 53.3 Å². The normalized spacial score (nSPS) is 15.0. The van der Waals surface area contributed by atoms with E-state index >= 15 is 0 Å². The van der Waals surface area contributed by atoms with Gasteiger partial charge in [0.1, 0.15) is 5.82 Å². The summed E-state index contributed by atoms with van der Waals surface area (Å²) in [4.78, 5) is 15.3. The largest absolute Gasteiger partial charge is 0.350 e. The van der Waals surface area contributed by atoms with Crippen molar-refractivity contribution in [3.63, 3.8) is 0 Å². The monoisotopic (exact) mass is 379 g/mol. The van der Waals surface area contributed by atoms with Gasteiger partial charge in [-0.15, -0.1) is 11.3 Å². The number of nitrogens with one attached hydrogen (secondary N) is 1. The fraction of sp³-hybridized carbons (Fsp3) is 0.381. The summed E-state index contributed by atoms with van der Waals surface area (Å²) in [6, 6.07) is 4.25. The Hall–Kier alpha value is -2.47. The van der Waals surface area contributed by atoms with E-state index in [9.17, 15) is 0 Å². The van der Waals surface area contributed by atoms with Crippen LogP contribution in [-0.2, 0) is 7.05 Å². The molecule has 0 aromatic carbocycles. The summed E-state index contributed by atoms with van der Waals surface area (Å²) in [5, 5.41) is 5.43. The molecule has 0 saturated carbocycles. The molecule has 1 aliphatic rings. The van der Waals surface area contributed by atoms with Gasteiger partial charge in [0.25, 0.3) is 0 Å². The molecule has 140 valence electrons. The third-order valence-corrected chi connectivity index (χ3v) is 5.71. The number of aliphatic imine (C=N–C) groups is 1. The maximum absolute atomic E-state index is 4.98. The van der Waals surface area contributed by atoms with Gasteiger partial charge >= 0.3 is 0 Å². The van der Waals surface area contributed by atoms with Gasteiger partial charge < -0.3 is 9.88 Å². The maximum Gasteiger partial charge on any atom is 0.188 e. The molecule has 6 heteroatoms. The fourth-order valence-corrected chi connectivity index (χ4v) is 4.02. The Labute approximate surface area is 163 Å². The zero-order valence-corrected chi connectivity index (χ0v) is 17.3. The molecule has 0 fully saturated rings. The second kappa shape index (κ2) is 6.60. The zero-order chi connectivity index (χ0) is 19.2. The number of rotatable bonds is 3. The number of hydrogen-bond donors (Lipinski definition) is 1.